The number of hydrogen-bond acceptors (Lipinski definition) is 5. The van der Waals surface area contributed by atoms with Gasteiger partial charge in [-0.25, -0.2) is 5.43 Å². The average Bonchev–Trinajstić information content (AvgIpc) is 3.12. The van der Waals surface area contributed by atoms with Gasteiger partial charge in [-0.1, -0.05) is 18.2 Å². The van der Waals surface area contributed by atoms with Crippen molar-refractivity contribution in [3.63, 3.8) is 0 Å². The summed E-state index contributed by atoms with van der Waals surface area (Å²) in [6, 6.07) is 14.4. The Morgan fingerprint density at radius 1 is 1.32 bits per heavy atom. The molecule has 0 bridgehead atoms. The van der Waals surface area contributed by atoms with Gasteiger partial charge in [0, 0.05) is 37.6 Å². The minimum Gasteiger partial charge on any atom is -0.496 e. The second-order valence-electron chi connectivity index (χ2n) is 7.42. The highest BCUT2D eigenvalue weighted by Crippen LogP contribution is 2.30. The van der Waals surface area contributed by atoms with Gasteiger partial charge in [0.25, 0.3) is 5.91 Å². The Labute approximate surface area is 189 Å². The summed E-state index contributed by atoms with van der Waals surface area (Å²) >= 11 is 3.32. The molecule has 1 aromatic heterocycles. The maximum Gasteiger partial charge on any atom is 0.293 e. The number of carbonyl (C=O) groups excluding carboxylic acids is 1. The van der Waals surface area contributed by atoms with Gasteiger partial charge in [-0.3, -0.25) is 9.48 Å². The third-order valence-electron chi connectivity index (χ3n) is 5.25. The van der Waals surface area contributed by atoms with E-state index in [1.165, 1.54) is 11.3 Å². The van der Waals surface area contributed by atoms with E-state index in [1.54, 1.807) is 31.3 Å². The number of anilines is 1. The van der Waals surface area contributed by atoms with Crippen LogP contribution in [0.3, 0.4) is 0 Å². The van der Waals surface area contributed by atoms with Crippen LogP contribution in [0.5, 0.6) is 5.75 Å². The third kappa shape index (κ3) is 4.80. The number of rotatable bonds is 6. The molecular weight excluding hydrogens is 458 g/mol. The number of amides is 1. The molecule has 0 atom stereocenters. The molecule has 0 saturated heterocycles. The quantitative estimate of drug-likeness (QED) is 0.427. The zero-order valence-corrected chi connectivity index (χ0v) is 19.1. The average molecular weight is 482 g/mol. The lowest BCUT2D eigenvalue weighted by atomic mass is 10.0. The van der Waals surface area contributed by atoms with Crippen LogP contribution in [0.15, 0.2) is 58.2 Å². The van der Waals surface area contributed by atoms with Crippen LogP contribution >= 0.6 is 15.9 Å². The molecule has 1 N–H and O–H groups in total. The molecule has 1 amide bonds. The van der Waals surface area contributed by atoms with Crippen LogP contribution < -0.4 is 15.1 Å². The minimum absolute atomic E-state index is 0.291. The number of fused-ring (bicyclic) bond motifs is 1. The fraction of sp³-hybridized carbons (Fsp3) is 0.261. The van der Waals surface area contributed by atoms with Crippen LogP contribution in [-0.4, -0.2) is 35.6 Å². The molecule has 0 saturated carbocycles. The molecule has 2 heterocycles. The molecule has 0 aliphatic carbocycles. The second-order valence-corrected chi connectivity index (χ2v) is 8.28. The zero-order valence-electron chi connectivity index (χ0n) is 17.5. The van der Waals surface area contributed by atoms with Gasteiger partial charge in [-0.15, -0.1) is 0 Å². The van der Waals surface area contributed by atoms with E-state index in [0.29, 0.717) is 10.2 Å². The summed E-state index contributed by atoms with van der Waals surface area (Å²) in [6.45, 7) is 1.75. The van der Waals surface area contributed by atoms with Gasteiger partial charge in [-0.2, -0.15) is 10.2 Å². The molecule has 0 spiro atoms. The van der Waals surface area contributed by atoms with Crippen molar-refractivity contribution in [2.24, 2.45) is 12.1 Å². The molecule has 31 heavy (non-hydrogen) atoms. The molecule has 3 aromatic rings. The monoisotopic (exact) mass is 481 g/mol. The lowest BCUT2D eigenvalue weighted by Crippen LogP contribution is -2.29. The summed E-state index contributed by atoms with van der Waals surface area (Å²) in [4.78, 5) is 14.6. The number of nitrogens with one attached hydrogen (secondary N) is 1. The first-order chi connectivity index (χ1) is 15.0. The fourth-order valence-electron chi connectivity index (χ4n) is 3.82. The third-order valence-corrected chi connectivity index (χ3v) is 5.83. The Morgan fingerprint density at radius 3 is 2.94 bits per heavy atom. The molecule has 7 nitrogen and oxygen atoms in total. The normalized spacial score (nSPS) is 13.3. The van der Waals surface area contributed by atoms with E-state index in [1.807, 2.05) is 18.2 Å². The minimum atomic E-state index is -0.373. The van der Waals surface area contributed by atoms with E-state index < -0.39 is 0 Å². The van der Waals surface area contributed by atoms with Gasteiger partial charge in [-0.05, 0) is 64.2 Å². The summed E-state index contributed by atoms with van der Waals surface area (Å²) in [5.74, 6) is 0.462. The molecule has 4 rings (SSSR count). The predicted molar refractivity (Wildman–Crippen MR) is 125 cm³/mol. The molecular formula is C23H24BrN5O2. The highest BCUT2D eigenvalue weighted by atomic mass is 79.9. The number of para-hydroxylation sites is 1. The highest BCUT2D eigenvalue weighted by Gasteiger charge is 2.18. The van der Waals surface area contributed by atoms with E-state index in [-0.39, 0.29) is 5.91 Å². The van der Waals surface area contributed by atoms with Gasteiger partial charge in [0.1, 0.15) is 5.75 Å². The Balaban J connectivity index is 1.50. The number of hydrogen-bond donors (Lipinski definition) is 1. The number of halogens is 1. The standard InChI is InChI=1S/C23H24BrN5O2/c1-28-15-19(24)22(27-28)23(30)26-25-13-16-9-10-21(31-2)18(12-16)14-29-11-5-7-17-6-3-4-8-20(17)29/h3-4,6,8-10,12-13,15H,5,7,11,14H2,1-2H3,(H,26,30)/b25-13+. The van der Waals surface area contributed by atoms with Gasteiger partial charge in [0.15, 0.2) is 5.69 Å². The van der Waals surface area contributed by atoms with Gasteiger partial charge in [0.05, 0.1) is 17.8 Å². The number of methoxy groups -OCH3 is 1. The van der Waals surface area contributed by atoms with Crippen LogP contribution in [0.2, 0.25) is 0 Å². The van der Waals surface area contributed by atoms with E-state index >= 15 is 0 Å². The van der Waals surface area contributed by atoms with Crippen molar-refractivity contribution in [2.45, 2.75) is 19.4 Å². The van der Waals surface area contributed by atoms with Gasteiger partial charge < -0.3 is 9.64 Å². The van der Waals surface area contributed by atoms with Crippen molar-refractivity contribution in [3.8, 4) is 5.75 Å². The smallest absolute Gasteiger partial charge is 0.293 e. The summed E-state index contributed by atoms with van der Waals surface area (Å²) in [7, 11) is 3.44. The maximum atomic E-state index is 12.3. The SMILES string of the molecule is COc1ccc(/C=N/NC(=O)c2nn(C)cc2Br)cc1CN1CCCc2ccccc21. The molecule has 160 valence electrons. The van der Waals surface area contributed by atoms with Crippen molar-refractivity contribution in [1.82, 2.24) is 15.2 Å². The number of aryl methyl sites for hydroxylation is 2. The summed E-state index contributed by atoms with van der Waals surface area (Å²) in [5, 5.41) is 8.22. The lowest BCUT2D eigenvalue weighted by Gasteiger charge is -2.31. The first kappa shape index (κ1) is 21.1. The Kier molecular flexibility index (Phi) is 6.36. The largest absolute Gasteiger partial charge is 0.496 e. The lowest BCUT2D eigenvalue weighted by molar-refractivity contribution is 0.0948. The molecule has 0 unspecified atom stereocenters. The first-order valence-electron chi connectivity index (χ1n) is 10.1. The number of benzene rings is 2. The van der Waals surface area contributed by atoms with Gasteiger partial charge in [0.2, 0.25) is 0 Å². The Hall–Kier alpha value is -3.13. The van der Waals surface area contributed by atoms with Crippen LogP contribution in [0.25, 0.3) is 0 Å². The number of nitrogens with zero attached hydrogens (tertiary/aromatic N) is 4. The fourth-order valence-corrected chi connectivity index (χ4v) is 4.37. The molecule has 8 heteroatoms. The van der Waals surface area contributed by atoms with Crippen molar-refractivity contribution in [1.29, 1.82) is 0 Å². The second kappa shape index (κ2) is 9.34. The number of ether oxygens (including phenoxy) is 1. The molecule has 2 aromatic carbocycles. The topological polar surface area (TPSA) is 71.7 Å². The summed E-state index contributed by atoms with van der Waals surface area (Å²) < 4.78 is 7.78. The van der Waals surface area contributed by atoms with Crippen LogP contribution in [-0.2, 0) is 20.0 Å². The number of aromatic nitrogens is 2. The zero-order chi connectivity index (χ0) is 21.8. The molecule has 1 aliphatic rings. The Morgan fingerprint density at radius 2 is 2.16 bits per heavy atom. The number of hydrazone groups is 1. The van der Waals surface area contributed by atoms with Crippen LogP contribution in [0, 0.1) is 0 Å². The molecule has 0 fully saturated rings. The first-order valence-corrected chi connectivity index (χ1v) is 10.9. The van der Waals surface area contributed by atoms with E-state index in [9.17, 15) is 4.79 Å². The van der Waals surface area contributed by atoms with E-state index in [2.05, 4.69) is 60.7 Å². The summed E-state index contributed by atoms with van der Waals surface area (Å²) in [5.41, 5.74) is 7.43. The van der Waals surface area contributed by atoms with Crippen molar-refractivity contribution < 1.29 is 9.53 Å². The van der Waals surface area contributed by atoms with Gasteiger partial charge >= 0.3 is 0 Å². The van der Waals surface area contributed by atoms with Crippen LogP contribution in [0.4, 0.5) is 5.69 Å². The van der Waals surface area contributed by atoms with Crippen molar-refractivity contribution in [2.75, 3.05) is 18.6 Å². The van der Waals surface area contributed by atoms with Crippen molar-refractivity contribution in [3.05, 3.63) is 75.5 Å². The maximum absolute atomic E-state index is 12.3. The van der Waals surface area contributed by atoms with E-state index in [0.717, 1.165) is 42.8 Å². The predicted octanol–water partition coefficient (Wildman–Crippen LogP) is 3.91. The van der Waals surface area contributed by atoms with E-state index in [4.69, 9.17) is 4.74 Å². The molecule has 1 aliphatic heterocycles. The Bertz CT molecular complexity index is 1120. The molecule has 0 radical (unpaired) electrons. The summed E-state index contributed by atoms with van der Waals surface area (Å²) in [6.07, 6.45) is 5.59. The highest BCUT2D eigenvalue weighted by molar-refractivity contribution is 9.10. The van der Waals surface area contributed by atoms with Crippen LogP contribution in [0.1, 0.15) is 33.6 Å². The van der Waals surface area contributed by atoms with Crippen molar-refractivity contribution >= 4 is 33.7 Å². The number of carbonyl (C=O) groups is 1.